The summed E-state index contributed by atoms with van der Waals surface area (Å²) >= 11 is 0. The summed E-state index contributed by atoms with van der Waals surface area (Å²) in [5.41, 5.74) is 1.02. The first-order chi connectivity index (χ1) is 13.7. The second-order valence-corrected chi connectivity index (χ2v) is 6.84. The molecular weight excluding hydrogens is 359 g/mol. The van der Waals surface area contributed by atoms with Gasteiger partial charge in [-0.3, -0.25) is 9.89 Å². The molecule has 0 saturated carbocycles. The molecule has 2 aromatic heterocycles. The van der Waals surface area contributed by atoms with E-state index in [0.29, 0.717) is 23.6 Å². The smallest absolute Gasteiger partial charge is 0.290 e. The van der Waals surface area contributed by atoms with Crippen molar-refractivity contribution < 1.29 is 13.6 Å². The van der Waals surface area contributed by atoms with Gasteiger partial charge in [0.05, 0.1) is 6.04 Å². The van der Waals surface area contributed by atoms with Crippen molar-refractivity contribution in [3.8, 4) is 11.4 Å². The van der Waals surface area contributed by atoms with Crippen LogP contribution in [0.4, 0.5) is 4.39 Å². The van der Waals surface area contributed by atoms with Gasteiger partial charge < -0.3 is 9.32 Å². The van der Waals surface area contributed by atoms with Crippen LogP contribution >= 0.6 is 0 Å². The lowest BCUT2D eigenvalue weighted by molar-refractivity contribution is 0.0700. The molecule has 1 amide bonds. The number of benzene rings is 2. The van der Waals surface area contributed by atoms with Gasteiger partial charge in [-0.25, -0.2) is 9.37 Å². The number of nitrogens with one attached hydrogen (secondary N) is 1. The number of carbonyl (C=O) groups excluding carboxylic acids is 1. The fraction of sp³-hybridized carbons (Fsp3) is 0.190. The Bertz CT molecular complexity index is 1150. The monoisotopic (exact) mass is 376 g/mol. The fourth-order valence-electron chi connectivity index (χ4n) is 3.71. The standard InChI is InChI=1S/C21H17FN4O2/c22-15-9-4-8-14-12-17(28-18(14)15)21(27)26-11-5-10-16(26)20-23-19(24-25-20)13-6-2-1-3-7-13/h1-4,6-9,12,16H,5,10-11H2,(H,23,24,25). The van der Waals surface area contributed by atoms with Crippen LogP contribution in [0.3, 0.4) is 0 Å². The predicted molar refractivity (Wildman–Crippen MR) is 101 cm³/mol. The number of aromatic amines is 1. The van der Waals surface area contributed by atoms with Gasteiger partial charge in [0.15, 0.2) is 23.0 Å². The van der Waals surface area contributed by atoms with Crippen molar-refractivity contribution in [2.45, 2.75) is 18.9 Å². The van der Waals surface area contributed by atoms with Crippen LogP contribution in [0.1, 0.15) is 35.3 Å². The van der Waals surface area contributed by atoms with Crippen LogP contribution in [0.2, 0.25) is 0 Å². The fourth-order valence-corrected chi connectivity index (χ4v) is 3.71. The molecule has 1 N–H and O–H groups in total. The van der Waals surface area contributed by atoms with Crippen molar-refractivity contribution in [3.05, 3.63) is 72.0 Å². The van der Waals surface area contributed by atoms with Crippen LogP contribution in [0.25, 0.3) is 22.4 Å². The highest BCUT2D eigenvalue weighted by Gasteiger charge is 2.34. The zero-order valence-corrected chi connectivity index (χ0v) is 14.9. The van der Waals surface area contributed by atoms with E-state index in [1.807, 2.05) is 30.3 Å². The minimum Gasteiger partial charge on any atom is -0.448 e. The van der Waals surface area contributed by atoms with Gasteiger partial charge in [-0.2, -0.15) is 5.10 Å². The van der Waals surface area contributed by atoms with E-state index < -0.39 is 5.82 Å². The van der Waals surface area contributed by atoms with Gasteiger partial charge >= 0.3 is 0 Å². The molecule has 2 aromatic carbocycles. The van der Waals surface area contributed by atoms with E-state index in [0.717, 1.165) is 18.4 Å². The molecule has 0 radical (unpaired) electrons. The Morgan fingerprint density at radius 3 is 2.86 bits per heavy atom. The predicted octanol–water partition coefficient (Wildman–Crippen LogP) is 4.33. The largest absolute Gasteiger partial charge is 0.448 e. The minimum atomic E-state index is -0.475. The molecule has 28 heavy (non-hydrogen) atoms. The summed E-state index contributed by atoms with van der Waals surface area (Å²) in [5, 5.41) is 7.84. The quantitative estimate of drug-likeness (QED) is 0.577. The molecule has 1 saturated heterocycles. The van der Waals surface area contributed by atoms with Crippen molar-refractivity contribution >= 4 is 16.9 Å². The highest BCUT2D eigenvalue weighted by atomic mass is 19.1. The van der Waals surface area contributed by atoms with E-state index in [-0.39, 0.29) is 23.3 Å². The van der Waals surface area contributed by atoms with Crippen LogP contribution < -0.4 is 0 Å². The second kappa shape index (κ2) is 6.60. The lowest BCUT2D eigenvalue weighted by Crippen LogP contribution is -2.30. The summed E-state index contributed by atoms with van der Waals surface area (Å²) < 4.78 is 19.4. The molecule has 1 fully saturated rings. The molecule has 5 rings (SSSR count). The highest BCUT2D eigenvalue weighted by Crippen LogP contribution is 2.33. The van der Waals surface area contributed by atoms with Gasteiger partial charge in [0.25, 0.3) is 5.91 Å². The summed E-state index contributed by atoms with van der Waals surface area (Å²) in [5.74, 6) is 0.635. The molecule has 1 aliphatic heterocycles. The number of amides is 1. The summed E-state index contributed by atoms with van der Waals surface area (Å²) in [7, 11) is 0. The maximum atomic E-state index is 13.9. The average Bonchev–Trinajstić information content (AvgIpc) is 3.46. The number of H-pyrrole nitrogens is 1. The van der Waals surface area contributed by atoms with Gasteiger partial charge in [0.2, 0.25) is 0 Å². The lowest BCUT2D eigenvalue weighted by Gasteiger charge is -2.21. The Morgan fingerprint density at radius 1 is 1.18 bits per heavy atom. The number of likely N-dealkylation sites (tertiary alicyclic amines) is 1. The third-order valence-electron chi connectivity index (χ3n) is 5.07. The van der Waals surface area contributed by atoms with Crippen LogP contribution in [0, 0.1) is 5.82 Å². The summed E-state index contributed by atoms with van der Waals surface area (Å²) in [4.78, 5) is 19.3. The van der Waals surface area contributed by atoms with Crippen molar-refractivity contribution in [2.24, 2.45) is 0 Å². The Balaban J connectivity index is 1.44. The molecule has 4 aromatic rings. The summed E-state index contributed by atoms with van der Waals surface area (Å²) in [6, 6.07) is 15.7. The molecule has 140 valence electrons. The van der Waals surface area contributed by atoms with E-state index in [2.05, 4.69) is 15.2 Å². The van der Waals surface area contributed by atoms with Crippen LogP contribution in [0.15, 0.2) is 59.0 Å². The highest BCUT2D eigenvalue weighted by molar-refractivity contribution is 5.96. The molecule has 7 heteroatoms. The number of aromatic nitrogens is 3. The zero-order valence-electron chi connectivity index (χ0n) is 14.9. The normalized spacial score (nSPS) is 16.8. The van der Waals surface area contributed by atoms with Crippen LogP contribution in [0.5, 0.6) is 0 Å². The number of hydrogen-bond donors (Lipinski definition) is 1. The van der Waals surface area contributed by atoms with E-state index in [1.165, 1.54) is 6.07 Å². The number of rotatable bonds is 3. The first kappa shape index (κ1) is 16.7. The molecule has 0 bridgehead atoms. The minimum absolute atomic E-state index is 0.104. The van der Waals surface area contributed by atoms with E-state index >= 15 is 0 Å². The van der Waals surface area contributed by atoms with Crippen molar-refractivity contribution in [3.63, 3.8) is 0 Å². The number of nitrogens with zero attached hydrogens (tertiary/aromatic N) is 3. The first-order valence-electron chi connectivity index (χ1n) is 9.17. The van der Waals surface area contributed by atoms with Gasteiger partial charge in [-0.1, -0.05) is 42.5 Å². The Hall–Kier alpha value is -3.48. The molecular formula is C21H17FN4O2. The summed E-state index contributed by atoms with van der Waals surface area (Å²) in [6.45, 7) is 0.588. The first-order valence-corrected chi connectivity index (χ1v) is 9.17. The average molecular weight is 376 g/mol. The Kier molecular flexibility index (Phi) is 3.93. The van der Waals surface area contributed by atoms with E-state index in [9.17, 15) is 9.18 Å². The third kappa shape index (κ3) is 2.76. The topological polar surface area (TPSA) is 75.0 Å². The van der Waals surface area contributed by atoms with E-state index in [4.69, 9.17) is 4.42 Å². The molecule has 1 unspecified atom stereocenters. The number of hydrogen-bond acceptors (Lipinski definition) is 4. The molecule has 1 aliphatic rings. The Labute approximate surface area is 160 Å². The van der Waals surface area contributed by atoms with Crippen molar-refractivity contribution in [2.75, 3.05) is 6.54 Å². The SMILES string of the molecule is O=C(c1cc2cccc(F)c2o1)N1CCCC1c1nc(-c2ccccc2)n[nH]1. The summed E-state index contributed by atoms with van der Waals surface area (Å²) in [6.07, 6.45) is 1.64. The number of furan rings is 1. The maximum absolute atomic E-state index is 13.9. The van der Waals surface area contributed by atoms with Gasteiger partial charge in [0.1, 0.15) is 5.82 Å². The van der Waals surface area contributed by atoms with Crippen molar-refractivity contribution in [1.82, 2.24) is 20.1 Å². The molecule has 0 aliphatic carbocycles. The van der Waals surface area contributed by atoms with Gasteiger partial charge in [-0.05, 0) is 25.0 Å². The number of halogens is 1. The number of para-hydroxylation sites is 1. The van der Waals surface area contributed by atoms with Crippen LogP contribution in [-0.2, 0) is 0 Å². The zero-order chi connectivity index (χ0) is 19.1. The molecule has 0 spiro atoms. The Morgan fingerprint density at radius 2 is 2.04 bits per heavy atom. The van der Waals surface area contributed by atoms with Gasteiger partial charge in [0, 0.05) is 17.5 Å². The molecule has 1 atom stereocenters. The van der Waals surface area contributed by atoms with Crippen molar-refractivity contribution in [1.29, 1.82) is 0 Å². The molecule has 6 nitrogen and oxygen atoms in total. The number of fused-ring (bicyclic) bond motifs is 1. The second-order valence-electron chi connectivity index (χ2n) is 6.84. The third-order valence-corrected chi connectivity index (χ3v) is 5.07. The number of carbonyl (C=O) groups is 1. The maximum Gasteiger partial charge on any atom is 0.290 e. The van der Waals surface area contributed by atoms with E-state index in [1.54, 1.807) is 23.1 Å². The van der Waals surface area contributed by atoms with Gasteiger partial charge in [-0.15, -0.1) is 0 Å². The lowest BCUT2D eigenvalue weighted by atomic mass is 10.2. The molecule has 3 heterocycles. The van der Waals surface area contributed by atoms with Crippen LogP contribution in [-0.4, -0.2) is 32.5 Å².